The van der Waals surface area contributed by atoms with Gasteiger partial charge < -0.3 is 5.32 Å². The van der Waals surface area contributed by atoms with Gasteiger partial charge in [0.05, 0.1) is 6.54 Å². The highest BCUT2D eigenvalue weighted by Crippen LogP contribution is 1.98. The second kappa shape index (κ2) is 5.75. The number of ketones is 1. The zero-order valence-electron chi connectivity index (χ0n) is 8.71. The molecule has 0 aromatic heterocycles. The number of amides is 1. The molecule has 0 spiro atoms. The van der Waals surface area contributed by atoms with E-state index in [0.29, 0.717) is 32.5 Å². The van der Waals surface area contributed by atoms with E-state index in [1.54, 1.807) is 0 Å². The number of hydrogen-bond donors (Lipinski definition) is 1. The number of hydrogen-bond acceptors (Lipinski definition) is 3. The second-order valence-corrected chi connectivity index (χ2v) is 3.66. The van der Waals surface area contributed by atoms with Crippen molar-refractivity contribution in [3.8, 4) is 0 Å². The Morgan fingerprint density at radius 2 is 2.29 bits per heavy atom. The van der Waals surface area contributed by atoms with E-state index in [4.69, 9.17) is 0 Å². The lowest BCUT2D eigenvalue weighted by Gasteiger charge is -2.17. The van der Waals surface area contributed by atoms with Crippen molar-refractivity contribution in [1.29, 1.82) is 0 Å². The lowest BCUT2D eigenvalue weighted by molar-refractivity contribution is -0.122. The molecule has 14 heavy (non-hydrogen) atoms. The Morgan fingerprint density at radius 3 is 3.00 bits per heavy atom. The van der Waals surface area contributed by atoms with E-state index in [-0.39, 0.29) is 11.7 Å². The molecular weight excluding hydrogens is 180 g/mol. The molecule has 0 bridgehead atoms. The predicted molar refractivity (Wildman–Crippen MR) is 54.0 cm³/mol. The van der Waals surface area contributed by atoms with Gasteiger partial charge >= 0.3 is 0 Å². The highest BCUT2D eigenvalue weighted by Gasteiger charge is 2.15. The smallest absolute Gasteiger partial charge is 0.221 e. The van der Waals surface area contributed by atoms with Gasteiger partial charge in [-0.3, -0.25) is 14.5 Å². The summed E-state index contributed by atoms with van der Waals surface area (Å²) in [4.78, 5) is 24.4. The minimum absolute atomic E-state index is 0.0930. The Morgan fingerprint density at radius 1 is 1.50 bits per heavy atom. The van der Waals surface area contributed by atoms with E-state index in [1.807, 2.05) is 6.92 Å². The fraction of sp³-hybridized carbons (Fsp3) is 0.800. The minimum atomic E-state index is 0.0930. The maximum Gasteiger partial charge on any atom is 0.221 e. The summed E-state index contributed by atoms with van der Waals surface area (Å²) in [7, 11) is 0. The standard InChI is InChI=1S/C10H18N2O2/c1-2-3-9(13)8-12-6-4-10(14)11-5-7-12/h2-8H2,1H3,(H,11,14). The largest absolute Gasteiger partial charge is 0.355 e. The van der Waals surface area contributed by atoms with E-state index in [9.17, 15) is 9.59 Å². The zero-order chi connectivity index (χ0) is 10.4. The van der Waals surface area contributed by atoms with Crippen molar-refractivity contribution in [3.05, 3.63) is 0 Å². The van der Waals surface area contributed by atoms with Gasteiger partial charge in [-0.05, 0) is 6.42 Å². The Labute approximate surface area is 84.7 Å². The van der Waals surface area contributed by atoms with Crippen LogP contribution in [-0.4, -0.2) is 42.8 Å². The van der Waals surface area contributed by atoms with Gasteiger partial charge in [0.15, 0.2) is 0 Å². The fourth-order valence-electron chi connectivity index (χ4n) is 1.58. The molecule has 0 aromatic rings. The van der Waals surface area contributed by atoms with Crippen molar-refractivity contribution in [2.24, 2.45) is 0 Å². The SMILES string of the molecule is CCCC(=O)CN1CCNC(=O)CC1. The van der Waals surface area contributed by atoms with Crippen molar-refractivity contribution >= 4 is 11.7 Å². The third-order valence-corrected chi connectivity index (χ3v) is 2.33. The van der Waals surface area contributed by atoms with Gasteiger partial charge in [0, 0.05) is 32.5 Å². The molecule has 4 heteroatoms. The van der Waals surface area contributed by atoms with Crippen LogP contribution in [0.4, 0.5) is 0 Å². The maximum atomic E-state index is 11.4. The van der Waals surface area contributed by atoms with E-state index in [2.05, 4.69) is 10.2 Å². The molecule has 0 radical (unpaired) electrons. The van der Waals surface area contributed by atoms with Gasteiger partial charge in [-0.2, -0.15) is 0 Å². The molecule has 0 aliphatic carbocycles. The van der Waals surface area contributed by atoms with Crippen LogP contribution in [0.2, 0.25) is 0 Å². The molecule has 1 amide bonds. The minimum Gasteiger partial charge on any atom is -0.355 e. The highest BCUT2D eigenvalue weighted by molar-refractivity contribution is 5.80. The third-order valence-electron chi connectivity index (χ3n) is 2.33. The van der Waals surface area contributed by atoms with Gasteiger partial charge in [0.2, 0.25) is 5.91 Å². The summed E-state index contributed by atoms with van der Waals surface area (Å²) in [6.45, 7) is 4.68. The molecule has 0 unspecified atom stereocenters. The topological polar surface area (TPSA) is 49.4 Å². The Bertz CT molecular complexity index is 216. The molecule has 0 saturated carbocycles. The van der Waals surface area contributed by atoms with Gasteiger partial charge in [-0.15, -0.1) is 0 Å². The van der Waals surface area contributed by atoms with Crippen LogP contribution in [-0.2, 0) is 9.59 Å². The summed E-state index contributed by atoms with van der Waals surface area (Å²) < 4.78 is 0. The molecule has 0 atom stereocenters. The van der Waals surface area contributed by atoms with Gasteiger partial charge in [-0.25, -0.2) is 0 Å². The first-order chi connectivity index (χ1) is 6.72. The quantitative estimate of drug-likeness (QED) is 0.701. The Hall–Kier alpha value is -0.900. The van der Waals surface area contributed by atoms with Crippen molar-refractivity contribution < 1.29 is 9.59 Å². The van der Waals surface area contributed by atoms with Crippen LogP contribution in [0.15, 0.2) is 0 Å². The third kappa shape index (κ3) is 3.87. The normalized spacial score (nSPS) is 18.8. The molecule has 1 saturated heterocycles. The fourth-order valence-corrected chi connectivity index (χ4v) is 1.58. The van der Waals surface area contributed by atoms with E-state index >= 15 is 0 Å². The highest BCUT2D eigenvalue weighted by atomic mass is 16.1. The van der Waals surface area contributed by atoms with Crippen molar-refractivity contribution in [3.63, 3.8) is 0 Å². The molecule has 4 nitrogen and oxygen atoms in total. The van der Waals surface area contributed by atoms with E-state index in [1.165, 1.54) is 0 Å². The first kappa shape index (κ1) is 11.2. The maximum absolute atomic E-state index is 11.4. The van der Waals surface area contributed by atoms with Crippen LogP contribution in [0, 0.1) is 0 Å². The summed E-state index contributed by atoms with van der Waals surface area (Å²) in [5, 5.41) is 2.79. The van der Waals surface area contributed by atoms with Crippen LogP contribution in [0.1, 0.15) is 26.2 Å². The number of carbonyl (C=O) groups is 2. The summed E-state index contributed by atoms with van der Waals surface area (Å²) in [5.41, 5.74) is 0. The summed E-state index contributed by atoms with van der Waals surface area (Å²) in [6, 6.07) is 0. The predicted octanol–water partition coefficient (Wildman–Crippen LogP) is 0.178. The number of nitrogens with zero attached hydrogens (tertiary/aromatic N) is 1. The van der Waals surface area contributed by atoms with Gasteiger partial charge in [0.1, 0.15) is 5.78 Å². The first-order valence-corrected chi connectivity index (χ1v) is 5.23. The molecule has 1 rings (SSSR count). The van der Waals surface area contributed by atoms with E-state index in [0.717, 1.165) is 13.0 Å². The summed E-state index contributed by atoms with van der Waals surface area (Å²) in [5.74, 6) is 0.372. The zero-order valence-corrected chi connectivity index (χ0v) is 8.71. The number of Topliss-reactive ketones (excluding diaryl/α,β-unsaturated/α-hetero) is 1. The van der Waals surface area contributed by atoms with Gasteiger partial charge in [-0.1, -0.05) is 6.92 Å². The average molecular weight is 198 g/mol. The molecule has 0 aromatic carbocycles. The van der Waals surface area contributed by atoms with Crippen LogP contribution in [0.25, 0.3) is 0 Å². The molecule has 80 valence electrons. The Kier molecular flexibility index (Phi) is 4.59. The van der Waals surface area contributed by atoms with E-state index < -0.39 is 0 Å². The average Bonchev–Trinajstić information content (AvgIpc) is 2.32. The van der Waals surface area contributed by atoms with Crippen LogP contribution in [0.5, 0.6) is 0 Å². The first-order valence-electron chi connectivity index (χ1n) is 5.23. The lowest BCUT2D eigenvalue weighted by Crippen LogP contribution is -2.33. The molecule has 1 aliphatic heterocycles. The van der Waals surface area contributed by atoms with Crippen LogP contribution in [0.3, 0.4) is 0 Å². The molecule has 1 aliphatic rings. The molecule has 1 N–H and O–H groups in total. The monoisotopic (exact) mass is 198 g/mol. The lowest BCUT2D eigenvalue weighted by atomic mass is 10.2. The number of nitrogens with one attached hydrogen (secondary N) is 1. The Balaban J connectivity index is 2.29. The molecule has 1 fully saturated rings. The number of rotatable bonds is 4. The van der Waals surface area contributed by atoms with Crippen molar-refractivity contribution in [2.45, 2.75) is 26.2 Å². The second-order valence-electron chi connectivity index (χ2n) is 3.66. The molecular formula is C10H18N2O2. The number of carbonyl (C=O) groups excluding carboxylic acids is 2. The van der Waals surface area contributed by atoms with Gasteiger partial charge in [0.25, 0.3) is 0 Å². The van der Waals surface area contributed by atoms with Crippen LogP contribution < -0.4 is 5.32 Å². The van der Waals surface area contributed by atoms with Crippen LogP contribution >= 0.6 is 0 Å². The van der Waals surface area contributed by atoms with Crippen molar-refractivity contribution in [2.75, 3.05) is 26.2 Å². The summed E-state index contributed by atoms with van der Waals surface area (Å²) in [6.07, 6.45) is 2.07. The summed E-state index contributed by atoms with van der Waals surface area (Å²) >= 11 is 0. The van der Waals surface area contributed by atoms with Crippen molar-refractivity contribution in [1.82, 2.24) is 10.2 Å². The molecule has 1 heterocycles.